The highest BCUT2D eigenvalue weighted by Crippen LogP contribution is 2.40. The average Bonchev–Trinajstić information content (AvgIpc) is 2.17. The van der Waals surface area contributed by atoms with Gasteiger partial charge in [0.1, 0.15) is 0 Å². The van der Waals surface area contributed by atoms with Gasteiger partial charge in [0, 0.05) is 0 Å². The number of hydrogen-bond acceptors (Lipinski definition) is 0. The van der Waals surface area contributed by atoms with Gasteiger partial charge in [0.15, 0.2) is 0 Å². The van der Waals surface area contributed by atoms with Crippen molar-refractivity contribution in [2.45, 2.75) is 73.1 Å². The number of unbranched alkanes of at least 4 members (excludes halogenated alkanes) is 1. The molecule has 0 amide bonds. The Morgan fingerprint density at radius 3 is 2.13 bits per heavy atom. The zero-order valence-electron chi connectivity index (χ0n) is 11.5. The van der Waals surface area contributed by atoms with Gasteiger partial charge in [0.05, 0.1) is 0 Å². The molecule has 0 spiro atoms. The number of rotatable bonds is 8. The van der Waals surface area contributed by atoms with E-state index in [2.05, 4.69) is 41.2 Å². The van der Waals surface area contributed by atoms with Crippen LogP contribution in [0.15, 0.2) is 12.2 Å². The van der Waals surface area contributed by atoms with Crippen molar-refractivity contribution >= 4 is 0 Å². The van der Waals surface area contributed by atoms with Gasteiger partial charge < -0.3 is 0 Å². The number of allylic oxidation sites excluding steroid dienone is 1. The Morgan fingerprint density at radius 2 is 1.73 bits per heavy atom. The molecule has 0 nitrogen and oxygen atoms in total. The monoisotopic (exact) mass is 210 g/mol. The quantitative estimate of drug-likeness (QED) is 0.458. The van der Waals surface area contributed by atoms with Crippen molar-refractivity contribution in [3.63, 3.8) is 0 Å². The summed E-state index contributed by atoms with van der Waals surface area (Å²) < 4.78 is 0. The standard InChI is InChI=1S/C15H30/c1-7-10-11-14(13(4)9-3)15(5,6)12-8-2/h14H,4,7-12H2,1-3,5-6H3. The van der Waals surface area contributed by atoms with E-state index in [1.165, 1.54) is 37.7 Å². The first-order valence-electron chi connectivity index (χ1n) is 6.67. The lowest BCUT2D eigenvalue weighted by molar-refractivity contribution is 0.207. The summed E-state index contributed by atoms with van der Waals surface area (Å²) in [4.78, 5) is 0. The first-order chi connectivity index (χ1) is 6.99. The lowest BCUT2D eigenvalue weighted by Crippen LogP contribution is -2.25. The molecule has 0 fully saturated rings. The van der Waals surface area contributed by atoms with Crippen LogP contribution in [0.25, 0.3) is 0 Å². The maximum Gasteiger partial charge on any atom is -0.0155 e. The molecule has 0 N–H and O–H groups in total. The third-order valence-corrected chi connectivity index (χ3v) is 3.63. The van der Waals surface area contributed by atoms with Crippen LogP contribution in [-0.2, 0) is 0 Å². The van der Waals surface area contributed by atoms with Crippen LogP contribution in [0.2, 0.25) is 0 Å². The van der Waals surface area contributed by atoms with Crippen molar-refractivity contribution in [1.82, 2.24) is 0 Å². The normalized spacial score (nSPS) is 13.9. The predicted octanol–water partition coefficient (Wildman–Crippen LogP) is 5.59. The Labute approximate surface area is 97.2 Å². The van der Waals surface area contributed by atoms with E-state index in [4.69, 9.17) is 0 Å². The molecule has 0 aromatic carbocycles. The van der Waals surface area contributed by atoms with Gasteiger partial charge >= 0.3 is 0 Å². The summed E-state index contributed by atoms with van der Waals surface area (Å²) in [6, 6.07) is 0. The third-order valence-electron chi connectivity index (χ3n) is 3.63. The van der Waals surface area contributed by atoms with E-state index in [1.807, 2.05) is 0 Å². The maximum atomic E-state index is 4.27. The highest BCUT2D eigenvalue weighted by atomic mass is 14.3. The molecule has 0 aromatic heterocycles. The van der Waals surface area contributed by atoms with Crippen molar-refractivity contribution < 1.29 is 0 Å². The van der Waals surface area contributed by atoms with E-state index in [0.717, 1.165) is 12.3 Å². The van der Waals surface area contributed by atoms with Crippen LogP contribution in [0.4, 0.5) is 0 Å². The maximum absolute atomic E-state index is 4.27. The highest BCUT2D eigenvalue weighted by molar-refractivity contribution is 5.04. The molecule has 0 aliphatic carbocycles. The molecular weight excluding hydrogens is 180 g/mol. The second-order valence-corrected chi connectivity index (χ2v) is 5.45. The largest absolute Gasteiger partial charge is 0.0996 e. The molecule has 90 valence electrons. The van der Waals surface area contributed by atoms with Crippen LogP contribution in [0.5, 0.6) is 0 Å². The Morgan fingerprint density at radius 1 is 1.13 bits per heavy atom. The molecule has 0 rings (SSSR count). The van der Waals surface area contributed by atoms with Gasteiger partial charge in [0.2, 0.25) is 0 Å². The van der Waals surface area contributed by atoms with Crippen molar-refractivity contribution in [3.8, 4) is 0 Å². The third kappa shape index (κ3) is 4.86. The summed E-state index contributed by atoms with van der Waals surface area (Å²) in [5.41, 5.74) is 1.90. The Kier molecular flexibility index (Phi) is 6.96. The van der Waals surface area contributed by atoms with Gasteiger partial charge in [-0.2, -0.15) is 0 Å². The van der Waals surface area contributed by atoms with Crippen LogP contribution >= 0.6 is 0 Å². The van der Waals surface area contributed by atoms with E-state index in [9.17, 15) is 0 Å². The van der Waals surface area contributed by atoms with Crippen molar-refractivity contribution in [2.75, 3.05) is 0 Å². The smallest absolute Gasteiger partial charge is 0.0155 e. The fraction of sp³-hybridized carbons (Fsp3) is 0.867. The lowest BCUT2D eigenvalue weighted by Gasteiger charge is -2.36. The van der Waals surface area contributed by atoms with Gasteiger partial charge in [0.25, 0.3) is 0 Å². The predicted molar refractivity (Wildman–Crippen MR) is 71.1 cm³/mol. The van der Waals surface area contributed by atoms with Crippen LogP contribution in [0, 0.1) is 11.3 Å². The van der Waals surface area contributed by atoms with Gasteiger partial charge in [-0.1, -0.05) is 66.0 Å². The zero-order valence-corrected chi connectivity index (χ0v) is 11.5. The van der Waals surface area contributed by atoms with Crippen LogP contribution in [0.3, 0.4) is 0 Å². The molecule has 0 aromatic rings. The SMILES string of the molecule is C=C(CC)C(CCCC)C(C)(C)CCC. The van der Waals surface area contributed by atoms with Gasteiger partial charge in [-0.25, -0.2) is 0 Å². The minimum Gasteiger partial charge on any atom is -0.0996 e. The molecule has 1 atom stereocenters. The first-order valence-corrected chi connectivity index (χ1v) is 6.67. The molecule has 0 saturated carbocycles. The molecule has 0 aliphatic heterocycles. The minimum atomic E-state index is 0.441. The van der Waals surface area contributed by atoms with Crippen molar-refractivity contribution in [1.29, 1.82) is 0 Å². The van der Waals surface area contributed by atoms with E-state index in [0.29, 0.717) is 5.41 Å². The van der Waals surface area contributed by atoms with E-state index >= 15 is 0 Å². The molecule has 0 bridgehead atoms. The van der Waals surface area contributed by atoms with Gasteiger partial charge in [-0.3, -0.25) is 0 Å². The Hall–Kier alpha value is -0.260. The van der Waals surface area contributed by atoms with Crippen molar-refractivity contribution in [2.24, 2.45) is 11.3 Å². The summed E-state index contributed by atoms with van der Waals surface area (Å²) in [6.45, 7) is 15.9. The summed E-state index contributed by atoms with van der Waals surface area (Å²) in [6.07, 6.45) is 7.72. The first kappa shape index (κ1) is 14.7. The highest BCUT2D eigenvalue weighted by Gasteiger charge is 2.29. The van der Waals surface area contributed by atoms with E-state index < -0.39 is 0 Å². The Bertz CT molecular complexity index is 176. The van der Waals surface area contributed by atoms with E-state index in [-0.39, 0.29) is 0 Å². The second kappa shape index (κ2) is 7.09. The molecule has 1 unspecified atom stereocenters. The summed E-state index contributed by atoms with van der Waals surface area (Å²) in [7, 11) is 0. The zero-order chi connectivity index (χ0) is 11.9. The number of hydrogen-bond donors (Lipinski definition) is 0. The van der Waals surface area contributed by atoms with Gasteiger partial charge in [-0.05, 0) is 30.6 Å². The second-order valence-electron chi connectivity index (χ2n) is 5.45. The Balaban J connectivity index is 4.52. The average molecular weight is 210 g/mol. The lowest BCUT2D eigenvalue weighted by atomic mass is 9.69. The summed E-state index contributed by atoms with van der Waals surface area (Å²) in [5.74, 6) is 0.724. The van der Waals surface area contributed by atoms with Crippen LogP contribution < -0.4 is 0 Å². The molecule has 0 aliphatic rings. The van der Waals surface area contributed by atoms with Crippen LogP contribution in [-0.4, -0.2) is 0 Å². The van der Waals surface area contributed by atoms with Crippen LogP contribution in [0.1, 0.15) is 73.1 Å². The molecule has 0 heterocycles. The fourth-order valence-corrected chi connectivity index (χ4v) is 2.62. The topological polar surface area (TPSA) is 0 Å². The van der Waals surface area contributed by atoms with Crippen molar-refractivity contribution in [3.05, 3.63) is 12.2 Å². The molecule has 15 heavy (non-hydrogen) atoms. The van der Waals surface area contributed by atoms with Gasteiger partial charge in [-0.15, -0.1) is 0 Å². The fourth-order valence-electron chi connectivity index (χ4n) is 2.62. The molecular formula is C15H30. The summed E-state index contributed by atoms with van der Waals surface area (Å²) >= 11 is 0. The molecule has 0 radical (unpaired) electrons. The van der Waals surface area contributed by atoms with E-state index in [1.54, 1.807) is 0 Å². The molecule has 0 heteroatoms. The minimum absolute atomic E-state index is 0.441. The summed E-state index contributed by atoms with van der Waals surface area (Å²) in [5, 5.41) is 0. The molecule has 0 saturated heterocycles.